The third kappa shape index (κ3) is 2.62. The van der Waals surface area contributed by atoms with Crippen molar-refractivity contribution >= 4 is 22.1 Å². The highest BCUT2D eigenvalue weighted by molar-refractivity contribution is 9.10. The summed E-state index contributed by atoms with van der Waals surface area (Å²) in [4.78, 5) is 4.07. The molecule has 1 nitrogen and oxygen atoms in total. The van der Waals surface area contributed by atoms with Crippen LogP contribution in [-0.2, 0) is 0 Å². The smallest absolute Gasteiger partial charge is 0.127 e. The molecule has 3 heteroatoms. The standard InChI is InChI=1S/C10H11BrFN/c1-3-13-6-8-4-9(11)5-10(12)7(8)2/h4-6H,3H2,1-2H3/b13-6-. The summed E-state index contributed by atoms with van der Waals surface area (Å²) in [5.41, 5.74) is 1.47. The Labute approximate surface area is 85.8 Å². The molecule has 1 aromatic rings. The molecule has 1 aromatic carbocycles. The zero-order valence-electron chi connectivity index (χ0n) is 7.64. The van der Waals surface area contributed by atoms with Crippen molar-refractivity contribution in [2.75, 3.05) is 6.54 Å². The van der Waals surface area contributed by atoms with Gasteiger partial charge in [-0.05, 0) is 37.1 Å². The zero-order chi connectivity index (χ0) is 9.84. The summed E-state index contributed by atoms with van der Waals surface area (Å²) in [6.45, 7) is 4.41. The first kappa shape index (κ1) is 10.4. The van der Waals surface area contributed by atoms with Crippen LogP contribution in [0, 0.1) is 12.7 Å². The van der Waals surface area contributed by atoms with E-state index in [2.05, 4.69) is 20.9 Å². The SMILES string of the molecule is CC/N=C\c1cc(Br)cc(F)c1C. The monoisotopic (exact) mass is 243 g/mol. The van der Waals surface area contributed by atoms with Gasteiger partial charge in [0.2, 0.25) is 0 Å². The first-order chi connectivity index (χ1) is 6.15. The van der Waals surface area contributed by atoms with Crippen LogP contribution >= 0.6 is 15.9 Å². The molecule has 0 spiro atoms. The van der Waals surface area contributed by atoms with Crippen LogP contribution in [0.2, 0.25) is 0 Å². The molecule has 0 amide bonds. The summed E-state index contributed by atoms with van der Waals surface area (Å²) in [6, 6.07) is 3.32. The fourth-order valence-electron chi connectivity index (χ4n) is 0.989. The third-order valence-corrected chi connectivity index (χ3v) is 2.22. The molecule has 0 atom stereocenters. The molecule has 0 unspecified atom stereocenters. The van der Waals surface area contributed by atoms with Gasteiger partial charge in [-0.25, -0.2) is 4.39 Å². The summed E-state index contributed by atoms with van der Waals surface area (Å²) >= 11 is 3.24. The van der Waals surface area contributed by atoms with E-state index in [1.807, 2.05) is 13.0 Å². The fraction of sp³-hybridized carbons (Fsp3) is 0.300. The lowest BCUT2D eigenvalue weighted by Gasteiger charge is -2.02. The second kappa shape index (κ2) is 4.51. The minimum atomic E-state index is -0.202. The second-order valence-electron chi connectivity index (χ2n) is 2.73. The molecule has 13 heavy (non-hydrogen) atoms. The normalized spacial score (nSPS) is 11.1. The van der Waals surface area contributed by atoms with E-state index in [1.165, 1.54) is 6.07 Å². The predicted octanol–water partition coefficient (Wildman–Crippen LogP) is 3.34. The largest absolute Gasteiger partial charge is 0.293 e. The lowest BCUT2D eigenvalue weighted by atomic mass is 10.1. The van der Waals surface area contributed by atoms with Gasteiger partial charge >= 0.3 is 0 Å². The van der Waals surface area contributed by atoms with Gasteiger partial charge in [-0.2, -0.15) is 0 Å². The van der Waals surface area contributed by atoms with Crippen molar-refractivity contribution in [3.05, 3.63) is 33.5 Å². The van der Waals surface area contributed by atoms with E-state index in [4.69, 9.17) is 0 Å². The first-order valence-corrected chi connectivity index (χ1v) is 4.90. The molecule has 0 aliphatic heterocycles. The molecule has 70 valence electrons. The van der Waals surface area contributed by atoms with E-state index in [1.54, 1.807) is 13.1 Å². The van der Waals surface area contributed by atoms with Crippen molar-refractivity contribution in [2.45, 2.75) is 13.8 Å². The predicted molar refractivity (Wildman–Crippen MR) is 57.0 cm³/mol. The summed E-state index contributed by atoms with van der Waals surface area (Å²) in [7, 11) is 0. The van der Waals surface area contributed by atoms with Gasteiger partial charge in [0.15, 0.2) is 0 Å². The molecule has 0 bridgehead atoms. The number of hydrogen-bond acceptors (Lipinski definition) is 1. The van der Waals surface area contributed by atoms with Crippen molar-refractivity contribution < 1.29 is 4.39 Å². The Morgan fingerprint density at radius 3 is 2.85 bits per heavy atom. The van der Waals surface area contributed by atoms with Gasteiger partial charge in [0, 0.05) is 17.2 Å². The number of aliphatic imine (C=N–C) groups is 1. The molecule has 0 heterocycles. The number of halogens is 2. The Bertz CT molecular complexity index is 334. The fourth-order valence-corrected chi connectivity index (χ4v) is 1.44. The zero-order valence-corrected chi connectivity index (χ0v) is 9.23. The number of rotatable bonds is 2. The van der Waals surface area contributed by atoms with Crippen LogP contribution in [0.1, 0.15) is 18.1 Å². The maximum Gasteiger partial charge on any atom is 0.127 e. The maximum absolute atomic E-state index is 13.2. The van der Waals surface area contributed by atoms with Crippen LogP contribution in [0.3, 0.4) is 0 Å². The summed E-state index contributed by atoms with van der Waals surface area (Å²) in [5, 5.41) is 0. The van der Waals surface area contributed by atoms with Crippen molar-refractivity contribution in [1.82, 2.24) is 0 Å². The Kier molecular flexibility index (Phi) is 3.60. The van der Waals surface area contributed by atoms with Gasteiger partial charge in [0.1, 0.15) is 5.82 Å². The molecule has 0 aliphatic carbocycles. The molecule has 0 aromatic heterocycles. The Morgan fingerprint density at radius 1 is 1.54 bits per heavy atom. The van der Waals surface area contributed by atoms with Crippen LogP contribution < -0.4 is 0 Å². The molecule has 1 rings (SSSR count). The van der Waals surface area contributed by atoms with Crippen LogP contribution in [-0.4, -0.2) is 12.8 Å². The Hall–Kier alpha value is -0.700. The third-order valence-electron chi connectivity index (χ3n) is 1.76. The van der Waals surface area contributed by atoms with Gasteiger partial charge in [0.05, 0.1) is 0 Å². The minimum absolute atomic E-state index is 0.202. The van der Waals surface area contributed by atoms with E-state index < -0.39 is 0 Å². The Balaban J connectivity index is 3.12. The number of hydrogen-bond donors (Lipinski definition) is 0. The average Bonchev–Trinajstić information content (AvgIpc) is 2.09. The molecular formula is C10H11BrFN. The highest BCUT2D eigenvalue weighted by Gasteiger charge is 2.03. The van der Waals surface area contributed by atoms with E-state index >= 15 is 0 Å². The maximum atomic E-state index is 13.2. The van der Waals surface area contributed by atoms with Crippen LogP contribution in [0.25, 0.3) is 0 Å². The van der Waals surface area contributed by atoms with Gasteiger partial charge in [-0.1, -0.05) is 15.9 Å². The highest BCUT2D eigenvalue weighted by atomic mass is 79.9. The number of benzene rings is 1. The molecule has 0 fully saturated rings. The quantitative estimate of drug-likeness (QED) is 0.707. The van der Waals surface area contributed by atoms with Gasteiger partial charge in [0.25, 0.3) is 0 Å². The van der Waals surface area contributed by atoms with Crippen LogP contribution in [0.4, 0.5) is 4.39 Å². The van der Waals surface area contributed by atoms with E-state index in [-0.39, 0.29) is 5.82 Å². The Morgan fingerprint density at radius 2 is 2.23 bits per heavy atom. The van der Waals surface area contributed by atoms with E-state index in [0.29, 0.717) is 12.1 Å². The van der Waals surface area contributed by atoms with E-state index in [9.17, 15) is 4.39 Å². The lowest BCUT2D eigenvalue weighted by Crippen LogP contribution is -1.92. The second-order valence-corrected chi connectivity index (χ2v) is 3.65. The molecule has 0 N–H and O–H groups in total. The van der Waals surface area contributed by atoms with Gasteiger partial charge in [-0.3, -0.25) is 4.99 Å². The molecule has 0 saturated carbocycles. The van der Waals surface area contributed by atoms with Crippen LogP contribution in [0.15, 0.2) is 21.6 Å². The van der Waals surface area contributed by atoms with Crippen LogP contribution in [0.5, 0.6) is 0 Å². The summed E-state index contributed by atoms with van der Waals surface area (Å²) < 4.78 is 13.9. The average molecular weight is 244 g/mol. The van der Waals surface area contributed by atoms with Gasteiger partial charge < -0.3 is 0 Å². The lowest BCUT2D eigenvalue weighted by molar-refractivity contribution is 0.617. The van der Waals surface area contributed by atoms with Crippen molar-refractivity contribution in [1.29, 1.82) is 0 Å². The summed E-state index contributed by atoms with van der Waals surface area (Å²) in [5.74, 6) is -0.202. The molecule has 0 aliphatic rings. The van der Waals surface area contributed by atoms with E-state index in [0.717, 1.165) is 10.0 Å². The van der Waals surface area contributed by atoms with Crippen molar-refractivity contribution in [2.24, 2.45) is 4.99 Å². The van der Waals surface area contributed by atoms with Crippen molar-refractivity contribution in [3.63, 3.8) is 0 Å². The minimum Gasteiger partial charge on any atom is -0.293 e. The van der Waals surface area contributed by atoms with Gasteiger partial charge in [-0.15, -0.1) is 0 Å². The molecular weight excluding hydrogens is 233 g/mol. The summed E-state index contributed by atoms with van der Waals surface area (Å²) in [6.07, 6.45) is 1.70. The molecule has 0 saturated heterocycles. The highest BCUT2D eigenvalue weighted by Crippen LogP contribution is 2.18. The first-order valence-electron chi connectivity index (χ1n) is 4.10. The molecule has 0 radical (unpaired) electrons. The van der Waals surface area contributed by atoms with Crippen molar-refractivity contribution in [3.8, 4) is 0 Å². The number of nitrogens with zero attached hydrogens (tertiary/aromatic N) is 1. The topological polar surface area (TPSA) is 12.4 Å².